The van der Waals surface area contributed by atoms with Crippen molar-refractivity contribution in [2.45, 2.75) is 51.9 Å². The molecule has 2 aliphatic rings. The predicted molar refractivity (Wildman–Crippen MR) is 170 cm³/mol. The van der Waals surface area contributed by atoms with E-state index in [9.17, 15) is 0 Å². The highest BCUT2D eigenvalue weighted by Gasteiger charge is 2.47. The first kappa shape index (κ1) is 25.6. The number of ether oxygens (including phenoxy) is 1. The molecule has 2 heteroatoms. The van der Waals surface area contributed by atoms with Crippen LogP contribution in [-0.2, 0) is 0 Å². The molecule has 0 bridgehead atoms. The summed E-state index contributed by atoms with van der Waals surface area (Å²) in [5.41, 5.74) is 17.3. The maximum Gasteiger partial charge on any atom is 0.130 e. The number of benzene rings is 4. The second-order valence-corrected chi connectivity index (χ2v) is 16.9. The van der Waals surface area contributed by atoms with E-state index in [1.165, 1.54) is 66.8 Å². The SMILES string of the molecule is COc1c(C)cc2c(c1-c1ccccc1)C=C(C)C2[Si](C)(C)C1C(C)=Cc2c(-c3ccc(C)cc3)cccc21. The van der Waals surface area contributed by atoms with Gasteiger partial charge in [0, 0.05) is 16.6 Å². The first-order valence-corrected chi connectivity index (χ1v) is 17.2. The van der Waals surface area contributed by atoms with Crippen LogP contribution in [0.25, 0.3) is 34.4 Å². The molecule has 0 spiro atoms. The van der Waals surface area contributed by atoms with E-state index in [0.29, 0.717) is 11.1 Å². The van der Waals surface area contributed by atoms with Gasteiger partial charge in [0.2, 0.25) is 0 Å². The Morgan fingerprint density at radius 3 is 1.95 bits per heavy atom. The van der Waals surface area contributed by atoms with Gasteiger partial charge in [-0.1, -0.05) is 121 Å². The fourth-order valence-electron chi connectivity index (χ4n) is 7.62. The molecule has 2 unspecified atom stereocenters. The van der Waals surface area contributed by atoms with Gasteiger partial charge in [-0.15, -0.1) is 0 Å². The normalized spacial score (nSPS) is 17.9. The highest BCUT2D eigenvalue weighted by Crippen LogP contribution is 2.55. The van der Waals surface area contributed by atoms with Crippen molar-refractivity contribution in [1.82, 2.24) is 0 Å². The lowest BCUT2D eigenvalue weighted by atomic mass is 9.93. The van der Waals surface area contributed by atoms with E-state index >= 15 is 0 Å². The third-order valence-corrected chi connectivity index (χ3v) is 13.6. The van der Waals surface area contributed by atoms with Crippen molar-refractivity contribution in [3.05, 3.63) is 123 Å². The molecule has 0 heterocycles. The second kappa shape index (κ2) is 9.53. The van der Waals surface area contributed by atoms with Gasteiger partial charge in [-0.05, 0) is 72.2 Å². The first-order chi connectivity index (χ1) is 18.7. The Hall–Kier alpha value is -3.62. The molecule has 2 aliphatic carbocycles. The second-order valence-electron chi connectivity index (χ2n) is 12.1. The summed E-state index contributed by atoms with van der Waals surface area (Å²) in [7, 11) is -0.147. The van der Waals surface area contributed by atoms with Crippen LogP contribution >= 0.6 is 0 Å². The first-order valence-electron chi connectivity index (χ1n) is 14.1. The van der Waals surface area contributed by atoms with Crippen LogP contribution in [0.5, 0.6) is 5.75 Å². The maximum absolute atomic E-state index is 6.01. The van der Waals surface area contributed by atoms with Crippen LogP contribution < -0.4 is 4.74 Å². The van der Waals surface area contributed by atoms with Crippen LogP contribution in [0, 0.1) is 13.8 Å². The largest absolute Gasteiger partial charge is 0.496 e. The van der Waals surface area contributed by atoms with E-state index < -0.39 is 8.07 Å². The minimum absolute atomic E-state index is 0.446. The monoisotopic (exact) mass is 526 g/mol. The van der Waals surface area contributed by atoms with Crippen LogP contribution in [0.1, 0.15) is 58.3 Å². The number of rotatable bonds is 5. The third kappa shape index (κ3) is 4.05. The van der Waals surface area contributed by atoms with Crippen molar-refractivity contribution in [3.8, 4) is 28.0 Å². The zero-order valence-corrected chi connectivity index (χ0v) is 25.2. The van der Waals surface area contributed by atoms with Gasteiger partial charge in [-0.2, -0.15) is 0 Å². The summed E-state index contributed by atoms with van der Waals surface area (Å²) >= 11 is 0. The van der Waals surface area contributed by atoms with E-state index in [2.05, 4.69) is 132 Å². The Morgan fingerprint density at radius 1 is 0.641 bits per heavy atom. The summed E-state index contributed by atoms with van der Waals surface area (Å²) in [6, 6.07) is 29.1. The van der Waals surface area contributed by atoms with Crippen molar-refractivity contribution in [1.29, 1.82) is 0 Å². The molecule has 6 rings (SSSR count). The molecule has 0 radical (unpaired) electrons. The number of methoxy groups -OCH3 is 1. The van der Waals surface area contributed by atoms with Gasteiger partial charge in [-0.25, -0.2) is 0 Å². The van der Waals surface area contributed by atoms with Crippen LogP contribution in [-0.4, -0.2) is 15.2 Å². The lowest BCUT2D eigenvalue weighted by Crippen LogP contribution is -2.42. The van der Waals surface area contributed by atoms with Gasteiger partial charge < -0.3 is 4.74 Å². The van der Waals surface area contributed by atoms with E-state index in [1.807, 2.05) is 0 Å². The molecule has 2 atom stereocenters. The summed E-state index contributed by atoms with van der Waals surface area (Å²) in [4.78, 5) is 0. The molecule has 0 saturated carbocycles. The average molecular weight is 527 g/mol. The molecular formula is C37H38OSi. The zero-order valence-electron chi connectivity index (χ0n) is 24.2. The van der Waals surface area contributed by atoms with Gasteiger partial charge in [0.1, 0.15) is 5.75 Å². The molecular weight excluding hydrogens is 488 g/mol. The molecule has 0 amide bonds. The minimum Gasteiger partial charge on any atom is -0.496 e. The van der Waals surface area contributed by atoms with Crippen molar-refractivity contribution in [2.24, 2.45) is 0 Å². The summed E-state index contributed by atoms with van der Waals surface area (Å²) < 4.78 is 6.01. The summed E-state index contributed by atoms with van der Waals surface area (Å²) in [6.45, 7) is 14.3. The Labute approximate surface area is 234 Å². The van der Waals surface area contributed by atoms with Gasteiger partial charge in [0.15, 0.2) is 0 Å². The van der Waals surface area contributed by atoms with E-state index in [-0.39, 0.29) is 0 Å². The van der Waals surface area contributed by atoms with Crippen LogP contribution in [0.15, 0.2) is 90.0 Å². The van der Waals surface area contributed by atoms with Crippen molar-refractivity contribution in [3.63, 3.8) is 0 Å². The van der Waals surface area contributed by atoms with Gasteiger partial charge in [0.25, 0.3) is 0 Å². The molecule has 0 aromatic heterocycles. The molecule has 1 nitrogen and oxygen atoms in total. The minimum atomic E-state index is -1.95. The van der Waals surface area contributed by atoms with Gasteiger partial charge in [-0.3, -0.25) is 0 Å². The number of fused-ring (bicyclic) bond motifs is 2. The van der Waals surface area contributed by atoms with E-state index in [0.717, 1.165) is 5.75 Å². The smallest absolute Gasteiger partial charge is 0.130 e. The lowest BCUT2D eigenvalue weighted by molar-refractivity contribution is 0.413. The highest BCUT2D eigenvalue weighted by molar-refractivity contribution is 6.81. The quantitative estimate of drug-likeness (QED) is 0.235. The molecule has 39 heavy (non-hydrogen) atoms. The predicted octanol–water partition coefficient (Wildman–Crippen LogP) is 10.1. The standard InChI is InChI=1S/C37H38OSi/c1-23-16-18-27(19-17-23)29-14-11-15-30-31(29)21-25(3)36(30)39(6,7)37-26(4)22-32-33(37)20-24(2)35(38-5)34(32)28-12-9-8-10-13-28/h8-22,36-37H,1-7H3. The summed E-state index contributed by atoms with van der Waals surface area (Å²) in [5.74, 6) is 0.995. The Kier molecular flexibility index (Phi) is 6.27. The Morgan fingerprint density at radius 2 is 1.28 bits per heavy atom. The van der Waals surface area contributed by atoms with Crippen molar-refractivity contribution in [2.75, 3.05) is 7.11 Å². The van der Waals surface area contributed by atoms with Crippen molar-refractivity contribution < 1.29 is 4.74 Å². The molecule has 0 N–H and O–H groups in total. The van der Waals surface area contributed by atoms with Crippen LogP contribution in [0.3, 0.4) is 0 Å². The molecule has 4 aromatic rings. The number of allylic oxidation sites excluding steroid dienone is 2. The van der Waals surface area contributed by atoms with Crippen molar-refractivity contribution >= 4 is 20.2 Å². The third-order valence-electron chi connectivity index (χ3n) is 9.07. The zero-order chi connectivity index (χ0) is 27.5. The molecule has 0 fully saturated rings. The number of hydrogen-bond donors (Lipinski definition) is 0. The van der Waals surface area contributed by atoms with E-state index in [4.69, 9.17) is 4.74 Å². The van der Waals surface area contributed by atoms with Crippen LogP contribution in [0.4, 0.5) is 0 Å². The average Bonchev–Trinajstić information content (AvgIpc) is 3.44. The fourth-order valence-corrected chi connectivity index (χ4v) is 12.6. The highest BCUT2D eigenvalue weighted by atomic mass is 28.3. The number of aryl methyl sites for hydroxylation is 2. The number of hydrogen-bond acceptors (Lipinski definition) is 1. The molecule has 4 aromatic carbocycles. The topological polar surface area (TPSA) is 9.23 Å². The Bertz CT molecular complexity index is 1640. The molecule has 0 saturated heterocycles. The van der Waals surface area contributed by atoms with E-state index in [1.54, 1.807) is 7.11 Å². The maximum atomic E-state index is 6.01. The summed E-state index contributed by atoms with van der Waals surface area (Å²) in [5, 5.41) is 0. The van der Waals surface area contributed by atoms with Gasteiger partial charge >= 0.3 is 0 Å². The summed E-state index contributed by atoms with van der Waals surface area (Å²) in [6.07, 6.45) is 4.93. The fraction of sp³-hybridized carbons (Fsp3) is 0.243. The van der Waals surface area contributed by atoms with Gasteiger partial charge in [0.05, 0.1) is 15.2 Å². The van der Waals surface area contributed by atoms with Crippen LogP contribution in [0.2, 0.25) is 13.1 Å². The Balaban J connectivity index is 1.49. The lowest BCUT2D eigenvalue weighted by Gasteiger charge is -2.39. The molecule has 0 aliphatic heterocycles. The molecule has 196 valence electrons.